The quantitative estimate of drug-likeness (QED) is 0.498. The molecule has 2 aromatic rings. The zero-order valence-electron chi connectivity index (χ0n) is 22.4. The van der Waals surface area contributed by atoms with E-state index in [9.17, 15) is 18.7 Å². The third-order valence-corrected chi connectivity index (χ3v) is 10.9. The number of halogens is 2. The largest absolute Gasteiger partial charge is 0.390 e. The topological polar surface area (TPSA) is 91.5 Å². The molecule has 8 rings (SSSR count). The average molecular weight is 537 g/mol. The summed E-state index contributed by atoms with van der Waals surface area (Å²) in [6.45, 7) is 1.97. The van der Waals surface area contributed by atoms with E-state index in [2.05, 4.69) is 39.5 Å². The first kappa shape index (κ1) is 25.4. The number of piperidine rings is 1. The molecule has 0 radical (unpaired) electrons. The second kappa shape index (κ2) is 8.71. The van der Waals surface area contributed by atoms with Crippen LogP contribution in [0, 0.1) is 5.92 Å². The zero-order valence-corrected chi connectivity index (χ0v) is 22.4. The van der Waals surface area contributed by atoms with E-state index in [1.54, 1.807) is 6.20 Å². The Bertz CT molecular complexity index is 1260. The van der Waals surface area contributed by atoms with Crippen molar-refractivity contribution >= 4 is 11.7 Å². The number of pyridine rings is 1. The number of nitrogens with one attached hydrogen (secondary N) is 1. The van der Waals surface area contributed by atoms with Gasteiger partial charge in [-0.25, -0.2) is 13.8 Å². The average Bonchev–Trinajstić information content (AvgIpc) is 3.50. The van der Waals surface area contributed by atoms with Gasteiger partial charge in [0.1, 0.15) is 5.82 Å². The minimum Gasteiger partial charge on any atom is -0.390 e. The number of carbonyl (C=O) groups is 1. The van der Waals surface area contributed by atoms with Crippen LogP contribution in [-0.4, -0.2) is 57.1 Å². The van der Waals surface area contributed by atoms with Gasteiger partial charge in [-0.2, -0.15) is 0 Å². The zero-order chi connectivity index (χ0) is 27.0. The molecule has 2 bridgehead atoms. The normalized spacial score (nSPS) is 35.5. The second-order valence-corrected chi connectivity index (χ2v) is 13.3. The van der Waals surface area contributed by atoms with Crippen LogP contribution in [0.1, 0.15) is 86.6 Å². The van der Waals surface area contributed by atoms with E-state index in [0.29, 0.717) is 24.3 Å². The molecular formula is C31H38F2N4O2. The monoisotopic (exact) mass is 536 g/mol. The predicted molar refractivity (Wildman–Crippen MR) is 145 cm³/mol. The van der Waals surface area contributed by atoms with Crippen molar-refractivity contribution in [3.63, 3.8) is 0 Å². The Balaban J connectivity index is 1.04. The number of nitrogens with zero attached hydrogens (tertiary/aromatic N) is 2. The summed E-state index contributed by atoms with van der Waals surface area (Å²) < 4.78 is 27.3. The number of aromatic nitrogens is 1. The first-order chi connectivity index (χ1) is 18.6. The van der Waals surface area contributed by atoms with Crippen molar-refractivity contribution in [2.75, 3.05) is 18.8 Å². The number of likely N-dealkylation sites (tertiary alicyclic amines) is 1. The Morgan fingerprint density at radius 1 is 1.00 bits per heavy atom. The molecule has 6 aliphatic rings. The molecule has 8 heteroatoms. The fourth-order valence-corrected chi connectivity index (χ4v) is 8.11. The van der Waals surface area contributed by atoms with E-state index < -0.39 is 11.5 Å². The summed E-state index contributed by atoms with van der Waals surface area (Å²) in [5, 5.41) is 13.8. The van der Waals surface area contributed by atoms with Crippen LogP contribution in [-0.2, 0) is 5.41 Å². The molecule has 208 valence electrons. The fourth-order valence-electron chi connectivity index (χ4n) is 8.11. The maximum absolute atomic E-state index is 13.7. The van der Waals surface area contributed by atoms with Gasteiger partial charge in [0.2, 0.25) is 5.92 Å². The van der Waals surface area contributed by atoms with Crippen molar-refractivity contribution in [3.8, 4) is 11.1 Å². The highest BCUT2D eigenvalue weighted by Gasteiger charge is 2.61. The van der Waals surface area contributed by atoms with E-state index in [4.69, 9.17) is 5.73 Å². The molecule has 5 aliphatic carbocycles. The minimum absolute atomic E-state index is 0.0144. The first-order valence-corrected chi connectivity index (χ1v) is 14.6. The number of amides is 1. The third kappa shape index (κ3) is 4.44. The standard InChI is InChI=1S/C31H38F2N4O2/c32-31(33)7-5-24(6-8-31)37-18-23-16-30(23,19-37)22-3-1-20(2-4-22)21-15-25(26(34)35-17-21)27(38)36-28-9-12-29(39,13-10-28)14-11-28/h1-4,15,17,23-24,39H,5-14,16,18-19H2,(H2,34,35)(H,36,38)/t23-,28?,29?,30+/m1/s1. The molecular weight excluding hydrogens is 498 g/mol. The third-order valence-electron chi connectivity index (χ3n) is 10.9. The lowest BCUT2D eigenvalue weighted by Gasteiger charge is -2.51. The summed E-state index contributed by atoms with van der Waals surface area (Å²) >= 11 is 0. The number of aliphatic hydroxyl groups is 1. The fraction of sp³-hybridized carbons (Fsp3) is 0.613. The summed E-state index contributed by atoms with van der Waals surface area (Å²) in [7, 11) is 0. The lowest BCUT2D eigenvalue weighted by atomic mass is 9.63. The van der Waals surface area contributed by atoms with Gasteiger partial charge in [-0.15, -0.1) is 0 Å². The Morgan fingerprint density at radius 2 is 1.67 bits per heavy atom. The molecule has 1 aromatic heterocycles. The number of alkyl halides is 2. The molecule has 1 aromatic carbocycles. The number of anilines is 1. The van der Waals surface area contributed by atoms with Crippen LogP contribution in [0.15, 0.2) is 36.5 Å². The number of hydrogen-bond donors (Lipinski definition) is 3. The minimum atomic E-state index is -2.48. The Labute approximate surface area is 228 Å². The molecule has 0 spiro atoms. The second-order valence-electron chi connectivity index (χ2n) is 13.3. The summed E-state index contributed by atoms with van der Waals surface area (Å²) in [6.07, 6.45) is 8.65. The number of rotatable bonds is 5. The summed E-state index contributed by atoms with van der Waals surface area (Å²) in [5.41, 5.74) is 9.02. The Morgan fingerprint density at radius 3 is 2.33 bits per heavy atom. The maximum Gasteiger partial charge on any atom is 0.255 e. The highest BCUT2D eigenvalue weighted by atomic mass is 19.3. The van der Waals surface area contributed by atoms with Crippen LogP contribution in [0.5, 0.6) is 0 Å². The SMILES string of the molecule is Nc1ncc(-c2ccc([C@@]34C[C@@H]3CN(C3CCC(F)(F)CC3)C4)cc2)cc1C(=O)NC12CCC(O)(CC1)CC2. The van der Waals surface area contributed by atoms with Crippen molar-refractivity contribution in [2.45, 2.75) is 99.1 Å². The highest BCUT2D eigenvalue weighted by molar-refractivity contribution is 5.99. The number of carbonyl (C=O) groups excluding carboxylic acids is 1. The van der Waals surface area contributed by atoms with E-state index in [0.717, 1.165) is 62.7 Å². The maximum atomic E-state index is 13.7. The van der Waals surface area contributed by atoms with Crippen molar-refractivity contribution in [2.24, 2.45) is 5.92 Å². The number of benzene rings is 1. The summed E-state index contributed by atoms with van der Waals surface area (Å²) in [4.78, 5) is 20.1. The van der Waals surface area contributed by atoms with Gasteiger partial charge in [0.25, 0.3) is 5.91 Å². The van der Waals surface area contributed by atoms with Crippen LogP contribution in [0.4, 0.5) is 14.6 Å². The van der Waals surface area contributed by atoms with Gasteiger partial charge in [0.05, 0.1) is 11.2 Å². The van der Waals surface area contributed by atoms with Crippen LogP contribution in [0.2, 0.25) is 0 Å². The van der Waals surface area contributed by atoms with Gasteiger partial charge in [0.15, 0.2) is 0 Å². The molecule has 39 heavy (non-hydrogen) atoms. The lowest BCUT2D eigenvalue weighted by Crippen LogP contribution is -2.58. The van der Waals surface area contributed by atoms with Crippen molar-refractivity contribution < 1.29 is 18.7 Å². The van der Waals surface area contributed by atoms with Crippen LogP contribution in [0.25, 0.3) is 11.1 Å². The summed E-state index contributed by atoms with van der Waals surface area (Å²) in [5.74, 6) is -1.85. The van der Waals surface area contributed by atoms with Crippen molar-refractivity contribution in [1.82, 2.24) is 15.2 Å². The van der Waals surface area contributed by atoms with Gasteiger partial charge in [-0.05, 0) is 80.9 Å². The number of hydrogen-bond acceptors (Lipinski definition) is 5. The summed E-state index contributed by atoms with van der Waals surface area (Å²) in [6, 6.07) is 10.7. The van der Waals surface area contributed by atoms with E-state index >= 15 is 0 Å². The van der Waals surface area contributed by atoms with Gasteiger partial charge >= 0.3 is 0 Å². The van der Waals surface area contributed by atoms with Gasteiger partial charge in [-0.3, -0.25) is 9.69 Å². The van der Waals surface area contributed by atoms with E-state index in [1.165, 1.54) is 12.0 Å². The van der Waals surface area contributed by atoms with Crippen molar-refractivity contribution in [1.29, 1.82) is 0 Å². The van der Waals surface area contributed by atoms with Crippen molar-refractivity contribution in [3.05, 3.63) is 47.7 Å². The molecule has 2 atom stereocenters. The van der Waals surface area contributed by atoms with Gasteiger partial charge in [-0.1, -0.05) is 24.3 Å². The van der Waals surface area contributed by atoms with Crippen LogP contribution in [0.3, 0.4) is 0 Å². The molecule has 4 N–H and O–H groups in total. The predicted octanol–water partition coefficient (Wildman–Crippen LogP) is 5.05. The molecule has 2 heterocycles. The molecule has 0 unspecified atom stereocenters. The Hall–Kier alpha value is -2.58. The number of nitrogen functional groups attached to an aromatic ring is 1. The molecule has 6 fully saturated rings. The Kier molecular flexibility index (Phi) is 5.67. The number of nitrogens with two attached hydrogens (primary N) is 1. The molecule has 6 nitrogen and oxygen atoms in total. The number of fused-ring (bicyclic) bond motifs is 4. The van der Waals surface area contributed by atoms with E-state index in [-0.39, 0.29) is 41.6 Å². The highest BCUT2D eigenvalue weighted by Crippen LogP contribution is 2.60. The van der Waals surface area contributed by atoms with Gasteiger partial charge < -0.3 is 16.2 Å². The molecule has 5 saturated carbocycles. The molecule has 1 saturated heterocycles. The lowest BCUT2D eigenvalue weighted by molar-refractivity contribution is -0.0702. The molecule has 1 aliphatic heterocycles. The van der Waals surface area contributed by atoms with Gasteiger partial charge in [0, 0.05) is 54.7 Å². The van der Waals surface area contributed by atoms with Crippen LogP contribution < -0.4 is 11.1 Å². The molecule has 1 amide bonds. The smallest absolute Gasteiger partial charge is 0.255 e. The van der Waals surface area contributed by atoms with Crippen LogP contribution >= 0.6 is 0 Å². The first-order valence-electron chi connectivity index (χ1n) is 14.6. The van der Waals surface area contributed by atoms with E-state index in [1.807, 2.05) is 6.07 Å².